The van der Waals surface area contributed by atoms with Gasteiger partial charge in [0.1, 0.15) is 5.75 Å². The van der Waals surface area contributed by atoms with E-state index in [-0.39, 0.29) is 17.3 Å². The maximum absolute atomic E-state index is 11.9. The van der Waals surface area contributed by atoms with Gasteiger partial charge in [0.2, 0.25) is 0 Å². The number of carbonyl (C=O) groups excluding carboxylic acids is 1. The Balaban J connectivity index is 2.19. The lowest BCUT2D eigenvalue weighted by Crippen LogP contribution is -2.12. The number of phenolic OH excluding ortho intramolecular Hbond substituents is 1. The second-order valence-corrected chi connectivity index (χ2v) is 4.65. The van der Waals surface area contributed by atoms with Gasteiger partial charge in [-0.3, -0.25) is 4.79 Å². The topological polar surface area (TPSA) is 75.4 Å². The minimum atomic E-state index is -0.278. The van der Waals surface area contributed by atoms with E-state index in [4.69, 9.17) is 5.73 Å². The molecule has 1 amide bonds. The van der Waals surface area contributed by atoms with E-state index in [0.717, 1.165) is 4.47 Å². The minimum Gasteiger partial charge on any atom is -0.506 e. The van der Waals surface area contributed by atoms with Crippen molar-refractivity contribution in [2.75, 3.05) is 11.1 Å². The average Bonchev–Trinajstić information content (AvgIpc) is 2.32. The van der Waals surface area contributed by atoms with Crippen LogP contribution in [0.2, 0.25) is 0 Å². The van der Waals surface area contributed by atoms with Crippen molar-refractivity contribution < 1.29 is 9.90 Å². The van der Waals surface area contributed by atoms with Crippen LogP contribution in [0.3, 0.4) is 0 Å². The highest BCUT2D eigenvalue weighted by molar-refractivity contribution is 9.10. The largest absolute Gasteiger partial charge is 0.506 e. The number of benzene rings is 2. The summed E-state index contributed by atoms with van der Waals surface area (Å²) in [5.41, 5.74) is 6.79. The smallest absolute Gasteiger partial charge is 0.255 e. The standard InChI is InChI=1S/C13H11BrN2O2/c14-9-2-1-3-10(7-9)16-13(18)8-4-5-12(17)11(15)6-8/h1-7,17H,15H2,(H,16,18). The number of nitrogens with one attached hydrogen (secondary N) is 1. The Morgan fingerprint density at radius 3 is 2.67 bits per heavy atom. The van der Waals surface area contributed by atoms with Crippen LogP contribution in [0, 0.1) is 0 Å². The number of aromatic hydroxyl groups is 1. The van der Waals surface area contributed by atoms with Crippen LogP contribution in [0.5, 0.6) is 5.75 Å². The molecular formula is C13H11BrN2O2. The van der Waals surface area contributed by atoms with Gasteiger partial charge in [0.05, 0.1) is 5.69 Å². The van der Waals surface area contributed by atoms with E-state index in [1.807, 2.05) is 12.1 Å². The Hall–Kier alpha value is -2.01. The highest BCUT2D eigenvalue weighted by Crippen LogP contribution is 2.21. The molecule has 0 unspecified atom stereocenters. The Kier molecular flexibility index (Phi) is 3.53. The van der Waals surface area contributed by atoms with Crippen molar-refractivity contribution in [1.82, 2.24) is 0 Å². The average molecular weight is 307 g/mol. The molecule has 0 aromatic heterocycles. The highest BCUT2D eigenvalue weighted by atomic mass is 79.9. The van der Waals surface area contributed by atoms with Gasteiger partial charge >= 0.3 is 0 Å². The minimum absolute atomic E-state index is 0.0333. The van der Waals surface area contributed by atoms with Crippen molar-refractivity contribution in [2.45, 2.75) is 0 Å². The summed E-state index contributed by atoms with van der Waals surface area (Å²) >= 11 is 3.33. The first-order valence-corrected chi connectivity index (χ1v) is 6.01. The van der Waals surface area contributed by atoms with Gasteiger partial charge in [0, 0.05) is 15.7 Å². The molecule has 0 spiro atoms. The number of phenols is 1. The van der Waals surface area contributed by atoms with E-state index in [9.17, 15) is 9.90 Å². The lowest BCUT2D eigenvalue weighted by atomic mass is 10.1. The summed E-state index contributed by atoms with van der Waals surface area (Å²) < 4.78 is 0.880. The molecule has 0 radical (unpaired) electrons. The van der Waals surface area contributed by atoms with E-state index in [2.05, 4.69) is 21.2 Å². The zero-order valence-corrected chi connectivity index (χ0v) is 10.9. The zero-order valence-electron chi connectivity index (χ0n) is 9.35. The molecule has 0 aliphatic heterocycles. The molecule has 4 N–H and O–H groups in total. The van der Waals surface area contributed by atoms with Crippen LogP contribution in [-0.4, -0.2) is 11.0 Å². The fourth-order valence-electron chi connectivity index (χ4n) is 1.47. The van der Waals surface area contributed by atoms with Crippen molar-refractivity contribution in [1.29, 1.82) is 0 Å². The fourth-order valence-corrected chi connectivity index (χ4v) is 1.86. The van der Waals surface area contributed by atoms with Gasteiger partial charge in [-0.2, -0.15) is 0 Å². The molecule has 0 bridgehead atoms. The second kappa shape index (κ2) is 5.10. The Labute approximate surface area is 113 Å². The predicted octanol–water partition coefficient (Wildman–Crippen LogP) is 2.99. The van der Waals surface area contributed by atoms with Crippen LogP contribution in [0.4, 0.5) is 11.4 Å². The van der Waals surface area contributed by atoms with Crippen molar-refractivity contribution in [3.8, 4) is 5.75 Å². The molecule has 2 aromatic carbocycles. The molecule has 0 aliphatic carbocycles. The van der Waals surface area contributed by atoms with Gasteiger partial charge in [0.15, 0.2) is 0 Å². The van der Waals surface area contributed by atoms with E-state index >= 15 is 0 Å². The first kappa shape index (κ1) is 12.4. The molecule has 5 heteroatoms. The molecule has 0 fully saturated rings. The number of hydrogen-bond donors (Lipinski definition) is 3. The molecule has 0 heterocycles. The Bertz CT molecular complexity index is 599. The number of nitrogens with two attached hydrogens (primary N) is 1. The highest BCUT2D eigenvalue weighted by Gasteiger charge is 2.08. The van der Waals surface area contributed by atoms with Crippen molar-refractivity contribution >= 4 is 33.2 Å². The number of amides is 1. The number of halogens is 1. The molecule has 0 aliphatic rings. The van der Waals surface area contributed by atoms with E-state index in [1.54, 1.807) is 12.1 Å². The predicted molar refractivity (Wildman–Crippen MR) is 74.6 cm³/mol. The monoisotopic (exact) mass is 306 g/mol. The number of nitrogen functional groups attached to an aromatic ring is 1. The first-order valence-electron chi connectivity index (χ1n) is 5.21. The summed E-state index contributed by atoms with van der Waals surface area (Å²) in [6.45, 7) is 0. The van der Waals surface area contributed by atoms with Crippen LogP contribution in [0.1, 0.15) is 10.4 Å². The van der Waals surface area contributed by atoms with Crippen molar-refractivity contribution in [2.24, 2.45) is 0 Å². The third-order valence-electron chi connectivity index (χ3n) is 2.37. The van der Waals surface area contributed by atoms with Gasteiger partial charge in [-0.05, 0) is 36.4 Å². The Morgan fingerprint density at radius 2 is 2.00 bits per heavy atom. The molecule has 2 aromatic rings. The van der Waals surface area contributed by atoms with Crippen LogP contribution in [0.15, 0.2) is 46.9 Å². The molecule has 18 heavy (non-hydrogen) atoms. The van der Waals surface area contributed by atoms with Crippen LogP contribution in [-0.2, 0) is 0 Å². The van der Waals surface area contributed by atoms with Gasteiger partial charge in [-0.1, -0.05) is 22.0 Å². The molecule has 2 rings (SSSR count). The number of anilines is 2. The van der Waals surface area contributed by atoms with Crippen molar-refractivity contribution in [3.63, 3.8) is 0 Å². The third kappa shape index (κ3) is 2.81. The lowest BCUT2D eigenvalue weighted by molar-refractivity contribution is 0.102. The van der Waals surface area contributed by atoms with Crippen molar-refractivity contribution in [3.05, 3.63) is 52.5 Å². The summed E-state index contributed by atoms with van der Waals surface area (Å²) in [4.78, 5) is 11.9. The summed E-state index contributed by atoms with van der Waals surface area (Å²) in [5.74, 6) is -0.311. The van der Waals surface area contributed by atoms with Crippen LogP contribution >= 0.6 is 15.9 Å². The summed E-state index contributed by atoms with van der Waals surface area (Å²) in [6, 6.07) is 11.6. The number of hydrogen-bond acceptors (Lipinski definition) is 3. The molecule has 4 nitrogen and oxygen atoms in total. The fraction of sp³-hybridized carbons (Fsp3) is 0. The van der Waals surface area contributed by atoms with E-state index in [0.29, 0.717) is 11.3 Å². The maximum atomic E-state index is 11.9. The van der Waals surface area contributed by atoms with Gasteiger partial charge in [-0.15, -0.1) is 0 Å². The molecule has 0 atom stereocenters. The van der Waals surface area contributed by atoms with Gasteiger partial charge < -0.3 is 16.2 Å². The van der Waals surface area contributed by atoms with Crippen LogP contribution in [0.25, 0.3) is 0 Å². The first-order chi connectivity index (χ1) is 8.56. The number of rotatable bonds is 2. The van der Waals surface area contributed by atoms with Gasteiger partial charge in [-0.25, -0.2) is 0 Å². The van der Waals surface area contributed by atoms with Crippen LogP contribution < -0.4 is 11.1 Å². The summed E-state index contributed by atoms with van der Waals surface area (Å²) in [7, 11) is 0. The Morgan fingerprint density at radius 1 is 1.22 bits per heavy atom. The molecule has 0 saturated carbocycles. The third-order valence-corrected chi connectivity index (χ3v) is 2.87. The second-order valence-electron chi connectivity index (χ2n) is 3.74. The normalized spacial score (nSPS) is 10.1. The SMILES string of the molecule is Nc1cc(C(=O)Nc2cccc(Br)c2)ccc1O. The quantitative estimate of drug-likeness (QED) is 0.590. The maximum Gasteiger partial charge on any atom is 0.255 e. The molecule has 92 valence electrons. The molecule has 0 saturated heterocycles. The lowest BCUT2D eigenvalue weighted by Gasteiger charge is -2.07. The van der Waals surface area contributed by atoms with Gasteiger partial charge in [0.25, 0.3) is 5.91 Å². The molecular weight excluding hydrogens is 296 g/mol. The van der Waals surface area contributed by atoms with E-state index in [1.165, 1.54) is 18.2 Å². The van der Waals surface area contributed by atoms with E-state index < -0.39 is 0 Å². The summed E-state index contributed by atoms with van der Waals surface area (Å²) in [6.07, 6.45) is 0. The summed E-state index contributed by atoms with van der Waals surface area (Å²) in [5, 5.41) is 12.0. The number of carbonyl (C=O) groups is 1. The zero-order chi connectivity index (χ0) is 13.1.